The van der Waals surface area contributed by atoms with E-state index in [1.807, 2.05) is 10.7 Å². The third-order valence-corrected chi connectivity index (χ3v) is 6.89. The van der Waals surface area contributed by atoms with Crippen LogP contribution in [0.3, 0.4) is 0 Å². The summed E-state index contributed by atoms with van der Waals surface area (Å²) in [5.74, 6) is 1.57. The van der Waals surface area contributed by atoms with E-state index in [0.717, 1.165) is 62.7 Å². The number of carbonyl (C=O) groups is 1. The first kappa shape index (κ1) is 23.5. The highest BCUT2D eigenvalue weighted by Gasteiger charge is 2.28. The molecular formula is C24H37N7O2. The largest absolute Gasteiger partial charge is 0.396 e. The van der Waals surface area contributed by atoms with E-state index >= 15 is 0 Å². The van der Waals surface area contributed by atoms with Crippen molar-refractivity contribution in [3.8, 4) is 0 Å². The number of amides is 1. The minimum atomic E-state index is -0.124. The minimum Gasteiger partial charge on any atom is -0.396 e. The van der Waals surface area contributed by atoms with Crippen LogP contribution in [0.2, 0.25) is 0 Å². The molecule has 2 aromatic rings. The van der Waals surface area contributed by atoms with Crippen LogP contribution < -0.4 is 15.5 Å². The number of aromatic nitrogens is 4. The van der Waals surface area contributed by atoms with Gasteiger partial charge in [-0.1, -0.05) is 20.4 Å². The summed E-state index contributed by atoms with van der Waals surface area (Å²) in [5, 5.41) is 20.9. The number of rotatable bonds is 8. The molecule has 9 nitrogen and oxygen atoms in total. The summed E-state index contributed by atoms with van der Waals surface area (Å²) in [7, 11) is 0. The average molecular weight is 456 g/mol. The number of nitrogens with one attached hydrogen (secondary N) is 2. The van der Waals surface area contributed by atoms with Gasteiger partial charge in [-0.05, 0) is 63.4 Å². The third-order valence-electron chi connectivity index (χ3n) is 6.89. The molecule has 4 rings (SSSR count). The van der Waals surface area contributed by atoms with Gasteiger partial charge in [0, 0.05) is 36.8 Å². The van der Waals surface area contributed by atoms with Crippen LogP contribution in [0.5, 0.6) is 0 Å². The molecule has 0 radical (unpaired) electrons. The number of aliphatic hydroxyl groups is 1. The molecule has 1 amide bonds. The molecule has 0 bridgehead atoms. The predicted molar refractivity (Wildman–Crippen MR) is 130 cm³/mol. The Morgan fingerprint density at radius 3 is 2.82 bits per heavy atom. The maximum atomic E-state index is 11.8. The number of carbonyl (C=O) groups excluding carboxylic acids is 1. The Hall–Kier alpha value is -2.68. The van der Waals surface area contributed by atoms with Crippen molar-refractivity contribution in [3.05, 3.63) is 24.4 Å². The molecule has 2 fully saturated rings. The molecule has 180 valence electrons. The number of hydrogen-bond acceptors (Lipinski definition) is 7. The van der Waals surface area contributed by atoms with Crippen molar-refractivity contribution in [2.24, 2.45) is 0 Å². The second-order valence-corrected chi connectivity index (χ2v) is 9.61. The zero-order valence-corrected chi connectivity index (χ0v) is 19.8. The lowest BCUT2D eigenvalue weighted by Gasteiger charge is -2.36. The van der Waals surface area contributed by atoms with Gasteiger partial charge in [-0.15, -0.1) is 0 Å². The fraction of sp³-hybridized carbons (Fsp3) is 0.667. The van der Waals surface area contributed by atoms with E-state index in [9.17, 15) is 9.90 Å². The van der Waals surface area contributed by atoms with Gasteiger partial charge in [0.2, 0.25) is 17.8 Å². The second-order valence-electron chi connectivity index (χ2n) is 9.61. The third kappa shape index (κ3) is 5.29. The smallest absolute Gasteiger partial charge is 0.243 e. The van der Waals surface area contributed by atoms with E-state index in [0.29, 0.717) is 17.8 Å². The Bertz CT molecular complexity index is 971. The Labute approximate surface area is 195 Å². The van der Waals surface area contributed by atoms with Crippen molar-refractivity contribution < 1.29 is 9.90 Å². The van der Waals surface area contributed by atoms with Crippen molar-refractivity contribution in [3.63, 3.8) is 0 Å². The van der Waals surface area contributed by atoms with E-state index in [2.05, 4.69) is 41.1 Å². The molecule has 33 heavy (non-hydrogen) atoms. The number of piperidine rings is 1. The quantitative estimate of drug-likeness (QED) is 0.525. The first-order valence-electron chi connectivity index (χ1n) is 12.3. The molecule has 1 aliphatic carbocycles. The number of anilines is 2. The zero-order valence-electron chi connectivity index (χ0n) is 19.8. The number of aliphatic hydroxyl groups excluding tert-OH is 1. The summed E-state index contributed by atoms with van der Waals surface area (Å²) in [5.41, 5.74) is 1.93. The molecule has 1 aliphatic heterocycles. The van der Waals surface area contributed by atoms with Crippen molar-refractivity contribution in [2.45, 2.75) is 89.3 Å². The Balaban J connectivity index is 1.65. The average Bonchev–Trinajstić information content (AvgIpc) is 3.24. The fourth-order valence-corrected chi connectivity index (χ4v) is 5.12. The predicted octanol–water partition coefficient (Wildman–Crippen LogP) is 3.01. The number of fused-ring (bicyclic) bond motifs is 1. The molecule has 1 saturated carbocycles. The van der Waals surface area contributed by atoms with Crippen molar-refractivity contribution in [1.82, 2.24) is 24.9 Å². The van der Waals surface area contributed by atoms with Gasteiger partial charge in [0.15, 0.2) is 5.65 Å². The van der Waals surface area contributed by atoms with Crippen molar-refractivity contribution in [1.29, 1.82) is 0 Å². The van der Waals surface area contributed by atoms with Crippen LogP contribution in [0.15, 0.2) is 18.9 Å². The summed E-state index contributed by atoms with van der Waals surface area (Å²) < 4.78 is 1.82. The van der Waals surface area contributed by atoms with Gasteiger partial charge in [-0.2, -0.15) is 19.6 Å². The monoisotopic (exact) mass is 455 g/mol. The molecule has 3 N–H and O–H groups in total. The van der Waals surface area contributed by atoms with Crippen LogP contribution in [0.4, 0.5) is 11.9 Å². The fourth-order valence-electron chi connectivity index (χ4n) is 5.12. The van der Waals surface area contributed by atoms with Crippen LogP contribution in [0.1, 0.15) is 76.7 Å². The zero-order chi connectivity index (χ0) is 23.4. The maximum absolute atomic E-state index is 11.8. The lowest BCUT2D eigenvalue weighted by atomic mass is 9.91. The number of nitrogens with zero attached hydrogens (tertiary/aromatic N) is 5. The van der Waals surface area contributed by atoms with E-state index in [1.165, 1.54) is 12.5 Å². The van der Waals surface area contributed by atoms with Crippen molar-refractivity contribution >= 4 is 23.5 Å². The normalized spacial score (nSPS) is 23.6. The molecular weight excluding hydrogens is 418 g/mol. The van der Waals surface area contributed by atoms with Gasteiger partial charge in [0.25, 0.3) is 0 Å². The highest BCUT2D eigenvalue weighted by atomic mass is 16.3. The molecule has 3 atom stereocenters. The minimum absolute atomic E-state index is 0.124. The second kappa shape index (κ2) is 10.5. The molecule has 2 aromatic heterocycles. The van der Waals surface area contributed by atoms with E-state index < -0.39 is 0 Å². The van der Waals surface area contributed by atoms with Crippen LogP contribution in [0, 0.1) is 0 Å². The van der Waals surface area contributed by atoms with E-state index in [-0.39, 0.29) is 30.6 Å². The van der Waals surface area contributed by atoms with Gasteiger partial charge in [-0.25, -0.2) is 0 Å². The molecule has 2 aliphatic rings. The molecule has 2 unspecified atom stereocenters. The topological polar surface area (TPSA) is 108 Å². The molecule has 1 saturated heterocycles. The molecule has 0 aromatic carbocycles. The Morgan fingerprint density at radius 1 is 1.24 bits per heavy atom. The first-order chi connectivity index (χ1) is 16.0. The lowest BCUT2D eigenvalue weighted by Crippen LogP contribution is -2.42. The summed E-state index contributed by atoms with van der Waals surface area (Å²) >= 11 is 0. The highest BCUT2D eigenvalue weighted by Crippen LogP contribution is 2.29. The lowest BCUT2D eigenvalue weighted by molar-refractivity contribution is -0.117. The van der Waals surface area contributed by atoms with Gasteiger partial charge in [-0.3, -0.25) is 4.79 Å². The summed E-state index contributed by atoms with van der Waals surface area (Å²) in [6, 6.07) is 0.553. The Kier molecular flexibility index (Phi) is 7.47. The van der Waals surface area contributed by atoms with Gasteiger partial charge >= 0.3 is 0 Å². The van der Waals surface area contributed by atoms with E-state index in [4.69, 9.17) is 9.97 Å². The van der Waals surface area contributed by atoms with Crippen LogP contribution in [-0.4, -0.2) is 61.9 Å². The Morgan fingerprint density at radius 2 is 2.06 bits per heavy atom. The molecule has 9 heteroatoms. The summed E-state index contributed by atoms with van der Waals surface area (Å²) in [6.45, 7) is 8.92. The maximum Gasteiger partial charge on any atom is 0.243 e. The SMILES string of the molecule is C=CC(=O)NC1CCCC(Nc2nc(N3CCCC[C@H]3CCO)nc3c(C(C)C)cnn23)C1. The van der Waals surface area contributed by atoms with Crippen LogP contribution in [-0.2, 0) is 4.79 Å². The molecule has 3 heterocycles. The standard InChI is InChI=1S/C24H37N7O2/c1-4-21(33)26-17-8-7-9-18(14-17)27-24-29-23(30-12-6-5-10-19(30)11-13-32)28-22-20(16(2)3)15-25-31(22)24/h4,15-19,32H,1,5-14H2,2-3H3,(H,26,33)(H,27,28,29)/t17?,18?,19-/m0/s1. The number of hydrogen-bond donors (Lipinski definition) is 3. The summed E-state index contributed by atoms with van der Waals surface area (Å²) in [6.07, 6.45) is 11.1. The highest BCUT2D eigenvalue weighted by molar-refractivity contribution is 5.87. The first-order valence-corrected chi connectivity index (χ1v) is 12.3. The van der Waals surface area contributed by atoms with Gasteiger partial charge in [0.05, 0.1) is 6.20 Å². The van der Waals surface area contributed by atoms with Crippen molar-refractivity contribution in [2.75, 3.05) is 23.4 Å². The van der Waals surface area contributed by atoms with E-state index in [1.54, 1.807) is 0 Å². The molecule has 0 spiro atoms. The van der Waals surface area contributed by atoms with Gasteiger partial charge in [0.1, 0.15) is 0 Å². The summed E-state index contributed by atoms with van der Waals surface area (Å²) in [4.78, 5) is 23.9. The van der Waals surface area contributed by atoms with Crippen LogP contribution >= 0.6 is 0 Å². The van der Waals surface area contributed by atoms with Crippen LogP contribution in [0.25, 0.3) is 5.65 Å². The van der Waals surface area contributed by atoms with Gasteiger partial charge < -0.3 is 20.6 Å².